The average Bonchev–Trinajstić information content (AvgIpc) is 2.96. The minimum Gasteiger partial charge on any atom is -0.550 e. The number of aliphatic carboxylic acids is 1. The first-order valence-electron chi connectivity index (χ1n) is 8.12. The zero-order valence-corrected chi connectivity index (χ0v) is 13.6. The number of hydrogen-bond acceptors (Lipinski definition) is 4. The van der Waals surface area contributed by atoms with Gasteiger partial charge in [-0.15, -0.1) is 0 Å². The van der Waals surface area contributed by atoms with Crippen LogP contribution in [0.15, 0.2) is 36.7 Å². The Morgan fingerprint density at radius 2 is 2.08 bits per heavy atom. The molecule has 1 amide bonds. The topological polar surface area (TPSA) is 86.5 Å². The normalized spacial score (nSPS) is 20.2. The molecule has 1 N–H and O–H groups in total. The predicted molar refractivity (Wildman–Crippen MR) is 87.0 cm³/mol. The summed E-state index contributed by atoms with van der Waals surface area (Å²) in [6.07, 6.45) is 8.94. The number of amides is 1. The second-order valence-corrected chi connectivity index (χ2v) is 6.22. The molecule has 0 unspecified atom stereocenters. The molecule has 3 rings (SSSR count). The monoisotopic (exact) mass is 326 g/mol. The van der Waals surface area contributed by atoms with Crippen molar-refractivity contribution in [2.24, 2.45) is 11.8 Å². The number of rotatable bonds is 5. The predicted octanol–water partition coefficient (Wildman–Crippen LogP) is 0.634. The molecule has 0 saturated heterocycles. The number of nitrogens with zero attached hydrogens (tertiary/aromatic N) is 2. The second-order valence-electron chi connectivity index (χ2n) is 6.22. The van der Waals surface area contributed by atoms with E-state index in [-0.39, 0.29) is 5.91 Å². The van der Waals surface area contributed by atoms with Gasteiger partial charge in [0.2, 0.25) is 5.91 Å². The van der Waals surface area contributed by atoms with Crippen molar-refractivity contribution in [3.8, 4) is 0 Å². The molecule has 6 nitrogen and oxygen atoms in total. The maximum Gasteiger partial charge on any atom is 0.224 e. The molecule has 0 aromatic carbocycles. The number of carboxylic acids is 1. The first-order valence-corrected chi connectivity index (χ1v) is 8.12. The third kappa shape index (κ3) is 3.48. The Balaban J connectivity index is 1.57. The molecular formula is C18H20N3O3-. The van der Waals surface area contributed by atoms with E-state index in [1.165, 1.54) is 0 Å². The highest BCUT2D eigenvalue weighted by Crippen LogP contribution is 2.25. The molecule has 1 aliphatic carbocycles. The fourth-order valence-corrected chi connectivity index (χ4v) is 3.07. The van der Waals surface area contributed by atoms with Crippen LogP contribution in [0, 0.1) is 18.8 Å². The first kappa shape index (κ1) is 16.2. The maximum absolute atomic E-state index is 12.3. The van der Waals surface area contributed by atoms with E-state index in [2.05, 4.69) is 10.3 Å². The Labute approximate surface area is 140 Å². The quantitative estimate of drug-likeness (QED) is 0.817. The maximum atomic E-state index is 12.3. The van der Waals surface area contributed by atoms with E-state index < -0.39 is 17.8 Å². The highest BCUT2D eigenvalue weighted by Gasteiger charge is 2.29. The van der Waals surface area contributed by atoms with Crippen molar-refractivity contribution in [3.05, 3.63) is 47.9 Å². The molecule has 126 valence electrons. The molecule has 0 spiro atoms. The van der Waals surface area contributed by atoms with Gasteiger partial charge in [-0.05, 0) is 37.5 Å². The van der Waals surface area contributed by atoms with Gasteiger partial charge in [0.1, 0.15) is 5.65 Å². The van der Waals surface area contributed by atoms with Crippen LogP contribution < -0.4 is 10.4 Å². The lowest BCUT2D eigenvalue weighted by Gasteiger charge is -2.28. The molecule has 2 heterocycles. The summed E-state index contributed by atoms with van der Waals surface area (Å²) >= 11 is 0. The number of carbonyl (C=O) groups excluding carboxylic acids is 2. The van der Waals surface area contributed by atoms with Gasteiger partial charge in [-0.3, -0.25) is 4.79 Å². The number of aromatic nitrogens is 2. The summed E-state index contributed by atoms with van der Waals surface area (Å²) in [6, 6.07) is 4.01. The van der Waals surface area contributed by atoms with Crippen LogP contribution in [0.25, 0.3) is 5.65 Å². The molecule has 2 atom stereocenters. The van der Waals surface area contributed by atoms with Crippen molar-refractivity contribution < 1.29 is 14.7 Å². The number of nitrogens with one attached hydrogen (secondary N) is 1. The van der Waals surface area contributed by atoms with Crippen LogP contribution >= 0.6 is 0 Å². The molecule has 0 aliphatic heterocycles. The van der Waals surface area contributed by atoms with Gasteiger partial charge in [-0.25, -0.2) is 4.98 Å². The number of hydrogen-bond donors (Lipinski definition) is 1. The molecule has 6 heteroatoms. The molecular weight excluding hydrogens is 306 g/mol. The SMILES string of the molecule is Cc1ccn2cc(CCNC(=O)[C@H]3CC=CC[C@@H]3C(=O)[O-])nc2c1. The second kappa shape index (κ2) is 6.86. The number of imidazole rings is 1. The summed E-state index contributed by atoms with van der Waals surface area (Å²) < 4.78 is 1.95. The standard InChI is InChI=1S/C18H21N3O3/c1-12-7-9-21-11-13(20-16(21)10-12)6-8-19-17(22)14-4-2-3-5-15(14)18(23)24/h2-3,7,9-11,14-15H,4-6,8H2,1H3,(H,19,22)(H,23,24)/p-1/t14-,15-/m0/s1. The molecule has 24 heavy (non-hydrogen) atoms. The lowest BCUT2D eigenvalue weighted by atomic mass is 9.82. The minimum absolute atomic E-state index is 0.229. The number of aryl methyl sites for hydroxylation is 1. The number of fused-ring (bicyclic) bond motifs is 1. The molecule has 2 aromatic rings. The number of allylic oxidation sites excluding steroid dienone is 2. The van der Waals surface area contributed by atoms with E-state index in [0.717, 1.165) is 16.9 Å². The molecule has 0 fully saturated rings. The minimum atomic E-state index is -1.16. The molecule has 0 radical (unpaired) electrons. The van der Waals surface area contributed by atoms with E-state index >= 15 is 0 Å². The summed E-state index contributed by atoms with van der Waals surface area (Å²) in [4.78, 5) is 27.9. The van der Waals surface area contributed by atoms with Crippen molar-refractivity contribution in [1.29, 1.82) is 0 Å². The Hall–Kier alpha value is -2.63. The molecule has 1 aliphatic rings. The van der Waals surface area contributed by atoms with E-state index in [0.29, 0.717) is 25.8 Å². The third-order valence-electron chi connectivity index (χ3n) is 4.42. The van der Waals surface area contributed by atoms with Crippen molar-refractivity contribution in [2.45, 2.75) is 26.2 Å². The molecule has 0 saturated carbocycles. The Morgan fingerprint density at radius 3 is 2.83 bits per heavy atom. The summed E-state index contributed by atoms with van der Waals surface area (Å²) in [5.41, 5.74) is 2.92. The van der Waals surface area contributed by atoms with Crippen LogP contribution in [0.2, 0.25) is 0 Å². The van der Waals surface area contributed by atoms with Crippen molar-refractivity contribution in [2.75, 3.05) is 6.54 Å². The highest BCUT2D eigenvalue weighted by atomic mass is 16.4. The third-order valence-corrected chi connectivity index (χ3v) is 4.42. The van der Waals surface area contributed by atoms with Crippen LogP contribution in [-0.4, -0.2) is 27.8 Å². The highest BCUT2D eigenvalue weighted by molar-refractivity contribution is 5.84. The van der Waals surface area contributed by atoms with E-state index in [4.69, 9.17) is 0 Å². The van der Waals surface area contributed by atoms with Gasteiger partial charge in [0.25, 0.3) is 0 Å². The zero-order valence-electron chi connectivity index (χ0n) is 13.6. The Morgan fingerprint density at radius 1 is 1.33 bits per heavy atom. The van der Waals surface area contributed by atoms with Gasteiger partial charge in [0.15, 0.2) is 0 Å². The molecule has 0 bridgehead atoms. The number of carbonyl (C=O) groups is 2. The van der Waals surface area contributed by atoms with Gasteiger partial charge in [0.05, 0.1) is 5.69 Å². The fourth-order valence-electron chi connectivity index (χ4n) is 3.07. The number of carboxylic acid groups (broad SMARTS) is 1. The van der Waals surface area contributed by atoms with Crippen LogP contribution in [-0.2, 0) is 16.0 Å². The lowest BCUT2D eigenvalue weighted by Crippen LogP contribution is -2.44. The van der Waals surface area contributed by atoms with Crippen molar-refractivity contribution in [3.63, 3.8) is 0 Å². The summed E-state index contributed by atoms with van der Waals surface area (Å²) in [5, 5.41) is 14.0. The van der Waals surface area contributed by atoms with Crippen molar-refractivity contribution in [1.82, 2.24) is 14.7 Å². The van der Waals surface area contributed by atoms with E-state index in [9.17, 15) is 14.7 Å². The first-order chi connectivity index (χ1) is 11.5. The fraction of sp³-hybridized carbons (Fsp3) is 0.389. The van der Waals surface area contributed by atoms with Gasteiger partial charge < -0.3 is 19.6 Å². The average molecular weight is 326 g/mol. The van der Waals surface area contributed by atoms with Crippen molar-refractivity contribution >= 4 is 17.5 Å². The smallest absolute Gasteiger partial charge is 0.224 e. The Bertz CT molecular complexity index is 794. The van der Waals surface area contributed by atoms with E-state index in [1.54, 1.807) is 6.08 Å². The zero-order chi connectivity index (χ0) is 17.1. The van der Waals surface area contributed by atoms with Crippen LogP contribution in [0.1, 0.15) is 24.1 Å². The van der Waals surface area contributed by atoms with Gasteiger partial charge in [-0.1, -0.05) is 12.2 Å². The van der Waals surface area contributed by atoms with E-state index in [1.807, 2.05) is 41.9 Å². The van der Waals surface area contributed by atoms with Gasteiger partial charge in [-0.2, -0.15) is 0 Å². The number of pyridine rings is 1. The lowest BCUT2D eigenvalue weighted by molar-refractivity contribution is -0.313. The largest absolute Gasteiger partial charge is 0.550 e. The van der Waals surface area contributed by atoms with Gasteiger partial charge >= 0.3 is 0 Å². The van der Waals surface area contributed by atoms with Crippen LogP contribution in [0.3, 0.4) is 0 Å². The summed E-state index contributed by atoms with van der Waals surface area (Å²) in [6.45, 7) is 2.45. The molecule has 2 aromatic heterocycles. The van der Waals surface area contributed by atoms with Gasteiger partial charge in [0, 0.05) is 43.2 Å². The summed E-state index contributed by atoms with van der Waals surface area (Å²) in [5.74, 6) is -2.68. The summed E-state index contributed by atoms with van der Waals surface area (Å²) in [7, 11) is 0. The van der Waals surface area contributed by atoms with Crippen LogP contribution in [0.4, 0.5) is 0 Å². The van der Waals surface area contributed by atoms with Crippen LogP contribution in [0.5, 0.6) is 0 Å². The Kier molecular flexibility index (Phi) is 4.64.